The standard InChI is InChI=1S/C11H14BrNO3S/c1-16-10-6-7-13(8-10)17(14,15)11-4-2-9(12)3-5-11/h2-5,10H,6-8H2,1H3/t10-/m0/s1. The van der Waals surface area contributed by atoms with E-state index in [-0.39, 0.29) is 6.10 Å². The molecular formula is C11H14BrNO3S. The lowest BCUT2D eigenvalue weighted by atomic mass is 10.3. The van der Waals surface area contributed by atoms with E-state index >= 15 is 0 Å². The van der Waals surface area contributed by atoms with Crippen LogP contribution >= 0.6 is 15.9 Å². The molecule has 0 unspecified atom stereocenters. The summed E-state index contributed by atoms with van der Waals surface area (Å²) in [5.41, 5.74) is 0. The molecule has 0 aliphatic carbocycles. The average molecular weight is 320 g/mol. The van der Waals surface area contributed by atoms with Crippen LogP contribution in [0.25, 0.3) is 0 Å². The van der Waals surface area contributed by atoms with Crippen LogP contribution in [0.2, 0.25) is 0 Å². The number of ether oxygens (including phenoxy) is 1. The lowest BCUT2D eigenvalue weighted by molar-refractivity contribution is 0.115. The van der Waals surface area contributed by atoms with Crippen molar-refractivity contribution in [1.82, 2.24) is 4.31 Å². The second-order valence-electron chi connectivity index (χ2n) is 3.96. The monoisotopic (exact) mass is 319 g/mol. The van der Waals surface area contributed by atoms with E-state index in [1.807, 2.05) is 0 Å². The number of hydrogen-bond acceptors (Lipinski definition) is 3. The zero-order chi connectivity index (χ0) is 12.5. The molecule has 0 bridgehead atoms. The maximum Gasteiger partial charge on any atom is 0.243 e. The molecule has 17 heavy (non-hydrogen) atoms. The van der Waals surface area contributed by atoms with Gasteiger partial charge in [-0.3, -0.25) is 0 Å². The first-order valence-corrected chi connectivity index (χ1v) is 7.56. The number of sulfonamides is 1. The van der Waals surface area contributed by atoms with Crippen molar-refractivity contribution in [3.05, 3.63) is 28.7 Å². The SMILES string of the molecule is CO[C@H]1CCN(S(=O)(=O)c2ccc(Br)cc2)C1. The minimum absolute atomic E-state index is 0.0141. The molecule has 0 saturated carbocycles. The van der Waals surface area contributed by atoms with Gasteiger partial charge in [0.25, 0.3) is 0 Å². The summed E-state index contributed by atoms with van der Waals surface area (Å²) >= 11 is 3.29. The Morgan fingerprint density at radius 1 is 1.35 bits per heavy atom. The molecule has 1 aliphatic rings. The summed E-state index contributed by atoms with van der Waals surface area (Å²) in [5.74, 6) is 0. The molecule has 0 spiro atoms. The fraction of sp³-hybridized carbons (Fsp3) is 0.455. The molecule has 1 aromatic rings. The predicted octanol–water partition coefficient (Wildman–Crippen LogP) is 1.86. The van der Waals surface area contributed by atoms with Gasteiger partial charge in [0.15, 0.2) is 0 Å². The Bertz CT molecular complexity index is 486. The Morgan fingerprint density at radius 2 is 2.00 bits per heavy atom. The van der Waals surface area contributed by atoms with E-state index < -0.39 is 10.0 Å². The molecule has 1 aromatic carbocycles. The summed E-state index contributed by atoms with van der Waals surface area (Å²) in [7, 11) is -1.75. The van der Waals surface area contributed by atoms with E-state index in [1.165, 1.54) is 4.31 Å². The van der Waals surface area contributed by atoms with Crippen molar-refractivity contribution in [3.8, 4) is 0 Å². The molecule has 2 rings (SSSR count). The van der Waals surface area contributed by atoms with Gasteiger partial charge in [-0.25, -0.2) is 8.42 Å². The second kappa shape index (κ2) is 5.06. The largest absolute Gasteiger partial charge is 0.380 e. The summed E-state index contributed by atoms with van der Waals surface area (Å²) in [5, 5.41) is 0. The first-order chi connectivity index (χ1) is 8.04. The quantitative estimate of drug-likeness (QED) is 0.854. The highest BCUT2D eigenvalue weighted by molar-refractivity contribution is 9.10. The molecule has 0 radical (unpaired) electrons. The zero-order valence-corrected chi connectivity index (χ0v) is 11.9. The smallest absolute Gasteiger partial charge is 0.243 e. The van der Waals surface area contributed by atoms with Crippen LogP contribution in [0.4, 0.5) is 0 Å². The topological polar surface area (TPSA) is 46.6 Å². The Morgan fingerprint density at radius 3 is 2.53 bits per heavy atom. The van der Waals surface area contributed by atoms with E-state index in [2.05, 4.69) is 15.9 Å². The van der Waals surface area contributed by atoms with Crippen LogP contribution in [0.15, 0.2) is 33.6 Å². The summed E-state index contributed by atoms with van der Waals surface area (Å²) in [6.07, 6.45) is 0.770. The number of hydrogen-bond donors (Lipinski definition) is 0. The van der Waals surface area contributed by atoms with Gasteiger partial charge >= 0.3 is 0 Å². The summed E-state index contributed by atoms with van der Waals surface area (Å²) in [6.45, 7) is 0.964. The predicted molar refractivity (Wildman–Crippen MR) is 68.3 cm³/mol. The van der Waals surface area contributed by atoms with Crippen LogP contribution in [0, 0.1) is 0 Å². The number of methoxy groups -OCH3 is 1. The molecule has 4 nitrogen and oxygen atoms in total. The molecule has 1 saturated heterocycles. The molecule has 0 amide bonds. The molecule has 6 heteroatoms. The fourth-order valence-electron chi connectivity index (χ4n) is 1.86. The van der Waals surface area contributed by atoms with Gasteiger partial charge in [0.1, 0.15) is 0 Å². The van der Waals surface area contributed by atoms with E-state index in [1.54, 1.807) is 31.4 Å². The number of halogens is 1. The minimum atomic E-state index is -3.37. The van der Waals surface area contributed by atoms with Crippen LogP contribution in [0.3, 0.4) is 0 Å². The third-order valence-electron chi connectivity index (χ3n) is 2.89. The van der Waals surface area contributed by atoms with Crippen LogP contribution in [-0.4, -0.2) is 39.0 Å². The normalized spacial score (nSPS) is 21.9. The van der Waals surface area contributed by atoms with Crippen LogP contribution in [0.5, 0.6) is 0 Å². The van der Waals surface area contributed by atoms with Crippen LogP contribution in [0.1, 0.15) is 6.42 Å². The van der Waals surface area contributed by atoms with E-state index in [4.69, 9.17) is 4.74 Å². The summed E-state index contributed by atoms with van der Waals surface area (Å²) in [4.78, 5) is 0.331. The molecule has 0 N–H and O–H groups in total. The first kappa shape index (κ1) is 13.0. The van der Waals surface area contributed by atoms with Gasteiger partial charge in [-0.2, -0.15) is 4.31 Å². The first-order valence-electron chi connectivity index (χ1n) is 5.32. The van der Waals surface area contributed by atoms with Gasteiger partial charge in [0.2, 0.25) is 10.0 Å². The molecule has 1 heterocycles. The highest BCUT2D eigenvalue weighted by Crippen LogP contribution is 2.23. The third-order valence-corrected chi connectivity index (χ3v) is 5.30. The van der Waals surface area contributed by atoms with Gasteiger partial charge < -0.3 is 4.74 Å². The van der Waals surface area contributed by atoms with Crippen LogP contribution < -0.4 is 0 Å². The molecule has 1 fully saturated rings. The van der Waals surface area contributed by atoms with Crippen LogP contribution in [-0.2, 0) is 14.8 Å². The fourth-order valence-corrected chi connectivity index (χ4v) is 3.61. The Hall–Kier alpha value is -0.430. The van der Waals surface area contributed by atoms with Crippen molar-refractivity contribution in [1.29, 1.82) is 0 Å². The summed E-state index contributed by atoms with van der Waals surface area (Å²) < 4.78 is 32.0. The molecular weight excluding hydrogens is 306 g/mol. The second-order valence-corrected chi connectivity index (χ2v) is 6.82. The average Bonchev–Trinajstić information content (AvgIpc) is 2.78. The lowest BCUT2D eigenvalue weighted by Crippen LogP contribution is -2.30. The maximum atomic E-state index is 12.3. The lowest BCUT2D eigenvalue weighted by Gasteiger charge is -2.16. The number of benzene rings is 1. The molecule has 1 atom stereocenters. The Kier molecular flexibility index (Phi) is 3.87. The van der Waals surface area contributed by atoms with Gasteiger partial charge in [0.05, 0.1) is 11.0 Å². The van der Waals surface area contributed by atoms with E-state index in [0.717, 1.165) is 10.9 Å². The van der Waals surface area contributed by atoms with Gasteiger partial charge in [-0.1, -0.05) is 15.9 Å². The molecule has 0 aromatic heterocycles. The summed E-state index contributed by atoms with van der Waals surface area (Å²) in [6, 6.07) is 6.69. The highest BCUT2D eigenvalue weighted by atomic mass is 79.9. The third kappa shape index (κ3) is 2.70. The minimum Gasteiger partial charge on any atom is -0.380 e. The molecule has 94 valence electrons. The Balaban J connectivity index is 2.22. The van der Waals surface area contributed by atoms with E-state index in [0.29, 0.717) is 18.0 Å². The van der Waals surface area contributed by atoms with Gasteiger partial charge in [0, 0.05) is 24.7 Å². The zero-order valence-electron chi connectivity index (χ0n) is 9.47. The Labute approximate surface area is 110 Å². The number of nitrogens with zero attached hydrogens (tertiary/aromatic N) is 1. The van der Waals surface area contributed by atoms with Crippen molar-refractivity contribution in [2.45, 2.75) is 17.4 Å². The maximum absolute atomic E-state index is 12.3. The number of rotatable bonds is 3. The highest BCUT2D eigenvalue weighted by Gasteiger charge is 2.32. The van der Waals surface area contributed by atoms with Crippen molar-refractivity contribution in [2.75, 3.05) is 20.2 Å². The van der Waals surface area contributed by atoms with E-state index in [9.17, 15) is 8.42 Å². The molecule has 1 aliphatic heterocycles. The van der Waals surface area contributed by atoms with Crippen molar-refractivity contribution in [2.24, 2.45) is 0 Å². The van der Waals surface area contributed by atoms with Gasteiger partial charge in [-0.15, -0.1) is 0 Å². The van der Waals surface area contributed by atoms with Gasteiger partial charge in [-0.05, 0) is 30.7 Å². The van der Waals surface area contributed by atoms with Crippen molar-refractivity contribution >= 4 is 26.0 Å². The van der Waals surface area contributed by atoms with Crippen molar-refractivity contribution < 1.29 is 13.2 Å². The van der Waals surface area contributed by atoms with Crippen molar-refractivity contribution in [3.63, 3.8) is 0 Å².